The summed E-state index contributed by atoms with van der Waals surface area (Å²) in [4.78, 5) is 7.00. The summed E-state index contributed by atoms with van der Waals surface area (Å²) in [6.07, 6.45) is 2.21. The molecule has 25 heavy (non-hydrogen) atoms. The topological polar surface area (TPSA) is 48.9 Å². The van der Waals surface area contributed by atoms with E-state index in [1.54, 1.807) is 0 Å². The van der Waals surface area contributed by atoms with Crippen LogP contribution in [0.1, 0.15) is 43.9 Å². The molecule has 0 bridgehead atoms. The summed E-state index contributed by atoms with van der Waals surface area (Å²) in [5, 5.41) is 6.84. The second-order valence-corrected chi connectivity index (χ2v) is 7.37. The molecule has 0 radical (unpaired) electrons. The average Bonchev–Trinajstić information content (AvgIpc) is 3.01. The van der Waals surface area contributed by atoms with E-state index in [0.29, 0.717) is 12.6 Å². The molecule has 140 valence electrons. The molecule has 1 heterocycles. The van der Waals surface area contributed by atoms with E-state index >= 15 is 0 Å². The fourth-order valence-corrected chi connectivity index (χ4v) is 3.13. The molecule has 2 unspecified atom stereocenters. The van der Waals surface area contributed by atoms with Gasteiger partial charge in [0.1, 0.15) is 0 Å². The van der Waals surface area contributed by atoms with Crippen LogP contribution in [0.5, 0.6) is 0 Å². The number of ether oxygens (including phenoxy) is 1. The molecule has 1 saturated heterocycles. The number of hydrogen-bond donors (Lipinski definition) is 2. The maximum atomic E-state index is 5.84. The Hall–Kier alpha value is -1.59. The zero-order chi connectivity index (χ0) is 18.3. The van der Waals surface area contributed by atoms with Crippen LogP contribution < -0.4 is 10.6 Å². The van der Waals surface area contributed by atoms with E-state index in [0.717, 1.165) is 38.5 Å². The van der Waals surface area contributed by atoms with Crippen molar-refractivity contribution in [3.8, 4) is 0 Å². The summed E-state index contributed by atoms with van der Waals surface area (Å²) in [6, 6.07) is 9.05. The van der Waals surface area contributed by atoms with Gasteiger partial charge in [0.2, 0.25) is 0 Å². The van der Waals surface area contributed by atoms with Gasteiger partial charge in [-0.15, -0.1) is 0 Å². The lowest BCUT2D eigenvalue weighted by Gasteiger charge is -2.27. The number of nitrogens with one attached hydrogen (secondary N) is 2. The van der Waals surface area contributed by atoms with E-state index < -0.39 is 0 Å². The van der Waals surface area contributed by atoms with Gasteiger partial charge in [0, 0.05) is 19.7 Å². The van der Waals surface area contributed by atoms with Crippen molar-refractivity contribution < 1.29 is 4.74 Å². The van der Waals surface area contributed by atoms with Crippen LogP contribution in [-0.4, -0.2) is 56.8 Å². The summed E-state index contributed by atoms with van der Waals surface area (Å²) in [6.45, 7) is 9.57. The third-order valence-electron chi connectivity index (χ3n) is 4.76. The molecule has 1 aromatic rings. The van der Waals surface area contributed by atoms with Gasteiger partial charge < -0.3 is 20.3 Å². The summed E-state index contributed by atoms with van der Waals surface area (Å²) in [5.74, 6) is 0.859. The smallest absolute Gasteiger partial charge is 0.191 e. The van der Waals surface area contributed by atoms with Crippen LogP contribution in [0.3, 0.4) is 0 Å². The molecule has 2 atom stereocenters. The van der Waals surface area contributed by atoms with Gasteiger partial charge in [-0.3, -0.25) is 4.99 Å². The minimum Gasteiger partial charge on any atom is -0.373 e. The maximum absolute atomic E-state index is 5.84. The Labute approximate surface area is 152 Å². The Morgan fingerprint density at radius 1 is 1.28 bits per heavy atom. The van der Waals surface area contributed by atoms with Crippen molar-refractivity contribution in [1.82, 2.24) is 15.5 Å². The molecule has 1 fully saturated rings. The predicted octanol–water partition coefficient (Wildman–Crippen LogP) is 2.72. The molecule has 2 N–H and O–H groups in total. The van der Waals surface area contributed by atoms with E-state index in [9.17, 15) is 0 Å². The Kier molecular flexibility index (Phi) is 7.26. The standard InChI is InChI=1S/C20H34N4O/c1-6-21-19(23-15-20(3)12-7-13-25-20)22-14-18(24(4)5)17-10-8-16(2)9-11-17/h8-11,18H,6-7,12-15H2,1-5H3,(H2,21,22,23). The van der Waals surface area contributed by atoms with Crippen molar-refractivity contribution >= 4 is 5.96 Å². The van der Waals surface area contributed by atoms with Crippen LogP contribution in [-0.2, 0) is 4.74 Å². The second-order valence-electron chi connectivity index (χ2n) is 7.37. The van der Waals surface area contributed by atoms with Crippen molar-refractivity contribution in [2.24, 2.45) is 4.99 Å². The zero-order valence-electron chi connectivity index (χ0n) is 16.4. The average molecular weight is 347 g/mol. The van der Waals surface area contributed by atoms with Gasteiger partial charge in [-0.2, -0.15) is 0 Å². The first kappa shape index (κ1) is 19.7. The van der Waals surface area contributed by atoms with E-state index in [2.05, 4.69) is 74.7 Å². The first-order chi connectivity index (χ1) is 11.9. The van der Waals surface area contributed by atoms with Gasteiger partial charge in [0.05, 0.1) is 18.2 Å². The number of rotatable bonds is 7. The van der Waals surface area contributed by atoms with Crippen molar-refractivity contribution in [2.75, 3.05) is 40.3 Å². The molecule has 0 aliphatic carbocycles. The van der Waals surface area contributed by atoms with Gasteiger partial charge in [-0.05, 0) is 53.3 Å². The fourth-order valence-electron chi connectivity index (χ4n) is 3.13. The molecule has 1 aliphatic rings. The van der Waals surface area contributed by atoms with Crippen LogP contribution in [0.4, 0.5) is 0 Å². The Bertz CT molecular complexity index is 547. The molecule has 0 amide bonds. The predicted molar refractivity (Wildman–Crippen MR) is 105 cm³/mol. The van der Waals surface area contributed by atoms with Crippen molar-refractivity contribution in [3.05, 3.63) is 35.4 Å². The van der Waals surface area contributed by atoms with Gasteiger partial charge in [0.25, 0.3) is 0 Å². The lowest BCUT2D eigenvalue weighted by molar-refractivity contribution is 0.0283. The summed E-state index contributed by atoms with van der Waals surface area (Å²) >= 11 is 0. The molecule has 5 heteroatoms. The molecule has 5 nitrogen and oxygen atoms in total. The van der Waals surface area contributed by atoms with Crippen molar-refractivity contribution in [1.29, 1.82) is 0 Å². The Morgan fingerprint density at radius 3 is 2.56 bits per heavy atom. The third kappa shape index (κ3) is 6.01. The highest BCUT2D eigenvalue weighted by molar-refractivity contribution is 5.79. The molecular formula is C20H34N4O. The molecular weight excluding hydrogens is 312 g/mol. The molecule has 0 saturated carbocycles. The Balaban J connectivity index is 2.00. The Morgan fingerprint density at radius 2 is 2.00 bits per heavy atom. The number of nitrogens with zero attached hydrogens (tertiary/aromatic N) is 2. The second kappa shape index (κ2) is 9.20. The van der Waals surface area contributed by atoms with Gasteiger partial charge in [-0.25, -0.2) is 0 Å². The van der Waals surface area contributed by atoms with Crippen LogP contribution in [0.15, 0.2) is 29.3 Å². The number of hydrogen-bond acceptors (Lipinski definition) is 3. The number of guanidine groups is 1. The molecule has 0 spiro atoms. The quantitative estimate of drug-likeness (QED) is 0.589. The minimum absolute atomic E-state index is 0.111. The highest BCUT2D eigenvalue weighted by Gasteiger charge is 2.29. The summed E-state index contributed by atoms with van der Waals surface area (Å²) in [7, 11) is 4.23. The van der Waals surface area contributed by atoms with E-state index in [1.807, 2.05) is 0 Å². The van der Waals surface area contributed by atoms with E-state index in [-0.39, 0.29) is 5.60 Å². The molecule has 2 rings (SSSR count). The van der Waals surface area contributed by atoms with Crippen LogP contribution in [0.25, 0.3) is 0 Å². The summed E-state index contributed by atoms with van der Waals surface area (Å²) in [5.41, 5.74) is 2.49. The minimum atomic E-state index is -0.111. The first-order valence-corrected chi connectivity index (χ1v) is 9.32. The van der Waals surface area contributed by atoms with Gasteiger partial charge in [0.15, 0.2) is 5.96 Å². The van der Waals surface area contributed by atoms with Crippen molar-refractivity contribution in [2.45, 2.75) is 45.3 Å². The summed E-state index contributed by atoms with van der Waals surface area (Å²) < 4.78 is 5.84. The van der Waals surface area contributed by atoms with Crippen LogP contribution >= 0.6 is 0 Å². The number of likely N-dealkylation sites (N-methyl/N-ethyl adjacent to an activating group) is 1. The first-order valence-electron chi connectivity index (χ1n) is 9.32. The highest BCUT2D eigenvalue weighted by atomic mass is 16.5. The van der Waals surface area contributed by atoms with Crippen LogP contribution in [0, 0.1) is 6.92 Å². The fraction of sp³-hybridized carbons (Fsp3) is 0.650. The highest BCUT2D eigenvalue weighted by Crippen LogP contribution is 2.25. The van der Waals surface area contributed by atoms with Crippen molar-refractivity contribution in [3.63, 3.8) is 0 Å². The van der Waals surface area contributed by atoms with Gasteiger partial charge in [-0.1, -0.05) is 29.8 Å². The number of aliphatic imine (C=N–C) groups is 1. The monoisotopic (exact) mass is 346 g/mol. The van der Waals surface area contributed by atoms with Gasteiger partial charge >= 0.3 is 0 Å². The SMILES string of the molecule is CCNC(=NCC1(C)CCCO1)NCC(c1ccc(C)cc1)N(C)C. The number of aryl methyl sites for hydroxylation is 1. The number of benzene rings is 1. The largest absolute Gasteiger partial charge is 0.373 e. The molecule has 1 aliphatic heterocycles. The third-order valence-corrected chi connectivity index (χ3v) is 4.76. The normalized spacial score (nSPS) is 22.2. The maximum Gasteiger partial charge on any atom is 0.191 e. The van der Waals surface area contributed by atoms with E-state index in [4.69, 9.17) is 9.73 Å². The zero-order valence-corrected chi connectivity index (χ0v) is 16.4. The van der Waals surface area contributed by atoms with Crippen LogP contribution in [0.2, 0.25) is 0 Å². The molecule has 1 aromatic carbocycles. The lowest BCUT2D eigenvalue weighted by Crippen LogP contribution is -2.42. The van der Waals surface area contributed by atoms with E-state index in [1.165, 1.54) is 11.1 Å². The lowest BCUT2D eigenvalue weighted by atomic mass is 10.0. The molecule has 0 aromatic heterocycles.